The number of anilines is 1. The van der Waals surface area contributed by atoms with E-state index < -0.39 is 17.5 Å². The highest BCUT2D eigenvalue weighted by Crippen LogP contribution is 2.42. The van der Waals surface area contributed by atoms with E-state index in [2.05, 4.69) is 4.98 Å². The van der Waals surface area contributed by atoms with Crippen LogP contribution in [0.25, 0.3) is 0 Å². The molecule has 0 aliphatic carbocycles. The number of nitrogens with zero attached hydrogens (tertiary/aromatic N) is 3. The lowest BCUT2D eigenvalue weighted by molar-refractivity contribution is -0.141. The van der Waals surface area contributed by atoms with Gasteiger partial charge in [0.25, 0.3) is 0 Å². The van der Waals surface area contributed by atoms with E-state index >= 15 is 0 Å². The van der Waals surface area contributed by atoms with Crippen molar-refractivity contribution in [1.29, 1.82) is 0 Å². The van der Waals surface area contributed by atoms with Crippen molar-refractivity contribution in [2.75, 3.05) is 31.1 Å². The SMILES string of the molecule is CC(C)(C)OC(=O)N1CCC2(CCN(c3cc(Cl)nc(C(F)(F)F)c3)C2)C1. The van der Waals surface area contributed by atoms with E-state index in [-0.39, 0.29) is 16.7 Å². The van der Waals surface area contributed by atoms with Gasteiger partial charge in [0.15, 0.2) is 0 Å². The lowest BCUT2D eigenvalue weighted by atomic mass is 9.86. The number of hydrogen-bond acceptors (Lipinski definition) is 4. The Morgan fingerprint density at radius 3 is 2.48 bits per heavy atom. The Bertz CT molecular complexity index is 736. The van der Waals surface area contributed by atoms with E-state index in [0.717, 1.165) is 18.9 Å². The van der Waals surface area contributed by atoms with Crippen molar-refractivity contribution in [2.24, 2.45) is 5.41 Å². The van der Waals surface area contributed by atoms with Crippen molar-refractivity contribution in [2.45, 2.75) is 45.4 Å². The first-order chi connectivity index (χ1) is 12.4. The molecule has 1 spiro atoms. The van der Waals surface area contributed by atoms with E-state index in [0.29, 0.717) is 31.9 Å². The number of carbonyl (C=O) groups is 1. The molecule has 0 aromatic carbocycles. The molecule has 27 heavy (non-hydrogen) atoms. The highest BCUT2D eigenvalue weighted by atomic mass is 35.5. The van der Waals surface area contributed by atoms with Crippen LogP contribution in [0.5, 0.6) is 0 Å². The number of rotatable bonds is 1. The molecule has 2 aliphatic heterocycles. The fraction of sp³-hybridized carbons (Fsp3) is 0.667. The van der Waals surface area contributed by atoms with Crippen LogP contribution in [0.2, 0.25) is 5.15 Å². The minimum Gasteiger partial charge on any atom is -0.444 e. The number of amides is 1. The molecule has 1 aromatic rings. The molecule has 1 aromatic heterocycles. The molecule has 3 heterocycles. The maximum absolute atomic E-state index is 13.0. The van der Waals surface area contributed by atoms with Crippen molar-refractivity contribution in [1.82, 2.24) is 9.88 Å². The Morgan fingerprint density at radius 2 is 1.85 bits per heavy atom. The van der Waals surface area contributed by atoms with Gasteiger partial charge in [-0.05, 0) is 45.7 Å². The van der Waals surface area contributed by atoms with Crippen molar-refractivity contribution in [3.63, 3.8) is 0 Å². The van der Waals surface area contributed by atoms with Crippen LogP contribution < -0.4 is 4.90 Å². The summed E-state index contributed by atoms with van der Waals surface area (Å²) in [6.07, 6.45) is -3.29. The number of ether oxygens (including phenoxy) is 1. The van der Waals surface area contributed by atoms with Crippen LogP contribution >= 0.6 is 11.6 Å². The van der Waals surface area contributed by atoms with Gasteiger partial charge in [-0.25, -0.2) is 9.78 Å². The zero-order chi connectivity index (χ0) is 20.0. The summed E-state index contributed by atoms with van der Waals surface area (Å²) in [6.45, 7) is 7.78. The number of halogens is 4. The zero-order valence-corrected chi connectivity index (χ0v) is 16.3. The first kappa shape index (κ1) is 20.0. The summed E-state index contributed by atoms with van der Waals surface area (Å²) in [5, 5.41) is -0.178. The Labute approximate surface area is 161 Å². The summed E-state index contributed by atoms with van der Waals surface area (Å²) in [5.41, 5.74) is -1.27. The van der Waals surface area contributed by atoms with Crippen LogP contribution in [0.15, 0.2) is 12.1 Å². The fourth-order valence-corrected chi connectivity index (χ4v) is 3.92. The summed E-state index contributed by atoms with van der Waals surface area (Å²) < 4.78 is 44.4. The van der Waals surface area contributed by atoms with E-state index in [1.54, 1.807) is 4.90 Å². The third-order valence-electron chi connectivity index (χ3n) is 4.96. The first-order valence-electron chi connectivity index (χ1n) is 8.85. The minimum absolute atomic E-state index is 0.134. The molecule has 150 valence electrons. The molecule has 2 saturated heterocycles. The topological polar surface area (TPSA) is 45.7 Å². The Morgan fingerprint density at radius 1 is 1.19 bits per heavy atom. The second kappa shape index (κ2) is 6.72. The van der Waals surface area contributed by atoms with Crippen molar-refractivity contribution < 1.29 is 22.7 Å². The molecule has 5 nitrogen and oxygen atoms in total. The zero-order valence-electron chi connectivity index (χ0n) is 15.6. The maximum Gasteiger partial charge on any atom is 0.433 e. The van der Waals surface area contributed by atoms with E-state index in [1.165, 1.54) is 6.07 Å². The number of hydrogen-bond donors (Lipinski definition) is 0. The van der Waals surface area contributed by atoms with Crippen LogP contribution in [0, 0.1) is 5.41 Å². The van der Waals surface area contributed by atoms with E-state index in [9.17, 15) is 18.0 Å². The molecule has 0 radical (unpaired) electrons. The van der Waals surface area contributed by atoms with Crippen LogP contribution in [-0.2, 0) is 10.9 Å². The predicted molar refractivity (Wildman–Crippen MR) is 95.9 cm³/mol. The highest BCUT2D eigenvalue weighted by Gasteiger charge is 2.46. The molecular weight excluding hydrogens is 383 g/mol. The van der Waals surface area contributed by atoms with Crippen LogP contribution in [-0.4, -0.2) is 47.8 Å². The van der Waals surface area contributed by atoms with Crippen molar-refractivity contribution >= 4 is 23.4 Å². The van der Waals surface area contributed by atoms with Crippen LogP contribution in [0.1, 0.15) is 39.3 Å². The first-order valence-corrected chi connectivity index (χ1v) is 9.22. The Balaban J connectivity index is 1.71. The summed E-state index contributed by atoms with van der Waals surface area (Å²) in [6, 6.07) is 2.49. The minimum atomic E-state index is -4.54. The number of alkyl halides is 3. The molecule has 2 aliphatic rings. The average Bonchev–Trinajstić information content (AvgIpc) is 3.12. The molecule has 1 atom stereocenters. The number of pyridine rings is 1. The molecule has 2 fully saturated rings. The molecule has 9 heteroatoms. The summed E-state index contributed by atoms with van der Waals surface area (Å²) in [4.78, 5) is 19.3. The smallest absolute Gasteiger partial charge is 0.433 e. The second-order valence-corrected chi connectivity index (χ2v) is 8.74. The van der Waals surface area contributed by atoms with Gasteiger partial charge in [0, 0.05) is 37.3 Å². The molecule has 0 N–H and O–H groups in total. The quantitative estimate of drug-likeness (QED) is 0.641. The van der Waals surface area contributed by atoms with Crippen molar-refractivity contribution in [3.8, 4) is 0 Å². The molecule has 0 bridgehead atoms. The number of carbonyl (C=O) groups excluding carboxylic acids is 1. The van der Waals surface area contributed by atoms with Gasteiger partial charge in [0.1, 0.15) is 16.4 Å². The molecule has 0 saturated carbocycles. The van der Waals surface area contributed by atoms with Crippen molar-refractivity contribution in [3.05, 3.63) is 23.0 Å². The fourth-order valence-electron chi connectivity index (χ4n) is 3.72. The van der Waals surface area contributed by atoms with Gasteiger partial charge in [-0.2, -0.15) is 13.2 Å². The van der Waals surface area contributed by atoms with Gasteiger partial charge < -0.3 is 14.5 Å². The standard InChI is InChI=1S/C18H23ClF3N3O2/c1-16(2,3)27-15(26)25-7-5-17(11-25)4-6-24(10-17)12-8-13(18(20,21)22)23-14(19)9-12/h8-9H,4-7,10-11H2,1-3H3. The van der Waals surface area contributed by atoms with Gasteiger partial charge in [0.05, 0.1) is 0 Å². The Kier molecular flexibility index (Phi) is 4.99. The highest BCUT2D eigenvalue weighted by molar-refractivity contribution is 6.29. The monoisotopic (exact) mass is 405 g/mol. The maximum atomic E-state index is 13.0. The largest absolute Gasteiger partial charge is 0.444 e. The number of aromatic nitrogens is 1. The summed E-state index contributed by atoms with van der Waals surface area (Å²) in [7, 11) is 0. The third-order valence-corrected chi connectivity index (χ3v) is 5.16. The van der Waals surface area contributed by atoms with Crippen LogP contribution in [0.3, 0.4) is 0 Å². The van der Waals surface area contributed by atoms with Gasteiger partial charge in [0.2, 0.25) is 0 Å². The lowest BCUT2D eigenvalue weighted by Gasteiger charge is -2.27. The predicted octanol–water partition coefficient (Wildman–Crippen LogP) is 4.59. The molecular formula is C18H23ClF3N3O2. The average molecular weight is 406 g/mol. The van der Waals surface area contributed by atoms with E-state index in [1.807, 2.05) is 25.7 Å². The van der Waals surface area contributed by atoms with Gasteiger partial charge >= 0.3 is 12.3 Å². The Hall–Kier alpha value is -1.70. The van der Waals surface area contributed by atoms with Gasteiger partial charge in [-0.15, -0.1) is 0 Å². The summed E-state index contributed by atoms with van der Waals surface area (Å²) >= 11 is 5.80. The van der Waals surface area contributed by atoms with E-state index in [4.69, 9.17) is 16.3 Å². The second-order valence-electron chi connectivity index (χ2n) is 8.35. The van der Waals surface area contributed by atoms with Gasteiger partial charge in [-0.3, -0.25) is 0 Å². The molecule has 1 unspecified atom stereocenters. The van der Waals surface area contributed by atoms with Crippen LogP contribution in [0.4, 0.5) is 23.7 Å². The third kappa shape index (κ3) is 4.59. The normalized spacial score (nSPS) is 23.4. The number of likely N-dealkylation sites (tertiary alicyclic amines) is 1. The molecule has 3 rings (SSSR count). The van der Waals surface area contributed by atoms with Gasteiger partial charge in [-0.1, -0.05) is 11.6 Å². The molecule has 1 amide bonds. The summed E-state index contributed by atoms with van der Waals surface area (Å²) in [5.74, 6) is 0. The lowest BCUT2D eigenvalue weighted by Crippen LogP contribution is -2.37.